The van der Waals surface area contributed by atoms with E-state index in [9.17, 15) is 9.90 Å². The average Bonchev–Trinajstić information content (AvgIpc) is 3.14. The fourth-order valence-corrected chi connectivity index (χ4v) is 2.18. The highest BCUT2D eigenvalue weighted by molar-refractivity contribution is 5.90. The van der Waals surface area contributed by atoms with Gasteiger partial charge < -0.3 is 15.7 Å². The molecule has 0 bridgehead atoms. The van der Waals surface area contributed by atoms with Crippen LogP contribution in [0.1, 0.15) is 31.2 Å². The summed E-state index contributed by atoms with van der Waals surface area (Å²) in [6, 6.07) is -0.235. The number of amides is 2. The molecule has 6 heteroatoms. The minimum atomic E-state index is -0.235. The number of aromatic nitrogens is 2. The zero-order valence-electron chi connectivity index (χ0n) is 11.8. The second-order valence-corrected chi connectivity index (χ2v) is 5.33. The molecule has 0 aliphatic heterocycles. The summed E-state index contributed by atoms with van der Waals surface area (Å²) >= 11 is 0. The molecule has 6 nitrogen and oxygen atoms in total. The van der Waals surface area contributed by atoms with E-state index in [-0.39, 0.29) is 18.1 Å². The predicted molar refractivity (Wildman–Crippen MR) is 73.1 cm³/mol. The zero-order chi connectivity index (χ0) is 14.0. The van der Waals surface area contributed by atoms with Crippen molar-refractivity contribution in [3.63, 3.8) is 0 Å². The molecule has 1 aliphatic carbocycles. The molecule has 19 heavy (non-hydrogen) atoms. The maximum Gasteiger partial charge on any atom is 0.319 e. The number of carbonyl (C=O) groups excluding carboxylic acids is 1. The summed E-state index contributed by atoms with van der Waals surface area (Å²) < 4.78 is 1.86. The quantitative estimate of drug-likeness (QED) is 0.754. The molecule has 3 N–H and O–H groups in total. The molecule has 0 spiro atoms. The van der Waals surface area contributed by atoms with Gasteiger partial charge in [-0.2, -0.15) is 5.10 Å². The van der Waals surface area contributed by atoms with E-state index >= 15 is 0 Å². The third-order valence-corrected chi connectivity index (χ3v) is 3.84. The molecule has 0 unspecified atom stereocenters. The van der Waals surface area contributed by atoms with Crippen molar-refractivity contribution < 1.29 is 9.90 Å². The van der Waals surface area contributed by atoms with E-state index < -0.39 is 0 Å². The molecule has 1 fully saturated rings. The van der Waals surface area contributed by atoms with Gasteiger partial charge in [0.05, 0.1) is 23.7 Å². The largest absolute Gasteiger partial charge is 0.396 e. The number of aliphatic hydroxyl groups is 1. The van der Waals surface area contributed by atoms with Gasteiger partial charge in [-0.3, -0.25) is 4.68 Å². The fraction of sp³-hybridized carbons (Fsp3) is 0.692. The van der Waals surface area contributed by atoms with Gasteiger partial charge in [-0.1, -0.05) is 0 Å². The smallest absolute Gasteiger partial charge is 0.319 e. The summed E-state index contributed by atoms with van der Waals surface area (Å²) in [4.78, 5) is 11.9. The number of rotatable bonds is 5. The Morgan fingerprint density at radius 3 is 2.63 bits per heavy atom. The van der Waals surface area contributed by atoms with Crippen LogP contribution in [0.25, 0.3) is 0 Å². The van der Waals surface area contributed by atoms with Crippen molar-refractivity contribution in [2.24, 2.45) is 5.41 Å². The Labute approximate surface area is 113 Å². The van der Waals surface area contributed by atoms with Crippen molar-refractivity contribution in [2.45, 2.75) is 40.2 Å². The topological polar surface area (TPSA) is 79.2 Å². The Morgan fingerprint density at radius 1 is 1.47 bits per heavy atom. The van der Waals surface area contributed by atoms with Crippen molar-refractivity contribution in [2.75, 3.05) is 18.5 Å². The first-order chi connectivity index (χ1) is 9.01. The van der Waals surface area contributed by atoms with Crippen LogP contribution in [0, 0.1) is 19.3 Å². The minimum Gasteiger partial charge on any atom is -0.396 e. The highest BCUT2D eigenvalue weighted by Gasteiger charge is 2.42. The van der Waals surface area contributed by atoms with Crippen LogP contribution in [-0.2, 0) is 6.54 Å². The molecule has 1 aromatic heterocycles. The minimum absolute atomic E-state index is 0.0744. The van der Waals surface area contributed by atoms with Crippen LogP contribution in [0.5, 0.6) is 0 Å². The van der Waals surface area contributed by atoms with Crippen LogP contribution >= 0.6 is 0 Å². The third-order valence-electron chi connectivity index (χ3n) is 3.84. The molecular weight excluding hydrogens is 244 g/mol. The lowest BCUT2D eigenvalue weighted by molar-refractivity contribution is 0.206. The maximum atomic E-state index is 11.9. The van der Waals surface area contributed by atoms with Gasteiger partial charge in [0, 0.05) is 18.5 Å². The molecule has 106 valence electrons. The number of aliphatic hydroxyl groups excluding tert-OH is 1. The van der Waals surface area contributed by atoms with Gasteiger partial charge in [0.1, 0.15) is 0 Å². The summed E-state index contributed by atoms with van der Waals surface area (Å²) in [7, 11) is 0. The standard InChI is InChI=1S/C13H22N4O2/c1-4-17-10(3)11(9(2)16-17)15-12(19)14-7-13(8-18)5-6-13/h18H,4-8H2,1-3H3,(H2,14,15,19). The first-order valence-corrected chi connectivity index (χ1v) is 6.71. The Kier molecular flexibility index (Phi) is 3.80. The maximum absolute atomic E-state index is 11.9. The van der Waals surface area contributed by atoms with Crippen LogP contribution in [0.3, 0.4) is 0 Å². The molecule has 2 rings (SSSR count). The van der Waals surface area contributed by atoms with E-state index in [1.807, 2.05) is 25.5 Å². The fourth-order valence-electron chi connectivity index (χ4n) is 2.18. The van der Waals surface area contributed by atoms with E-state index in [2.05, 4.69) is 15.7 Å². The molecule has 1 heterocycles. The normalized spacial score (nSPS) is 16.2. The summed E-state index contributed by atoms with van der Waals surface area (Å²) in [6.07, 6.45) is 1.96. The van der Waals surface area contributed by atoms with E-state index in [1.54, 1.807) is 0 Å². The van der Waals surface area contributed by atoms with Gasteiger partial charge in [0.2, 0.25) is 0 Å². The molecule has 1 aliphatic rings. The summed E-state index contributed by atoms with van der Waals surface area (Å²) in [5.41, 5.74) is 2.47. The first kappa shape index (κ1) is 13.9. The van der Waals surface area contributed by atoms with E-state index in [1.165, 1.54) is 0 Å². The van der Waals surface area contributed by atoms with Crippen LogP contribution in [0.4, 0.5) is 10.5 Å². The SMILES string of the molecule is CCn1nc(C)c(NC(=O)NCC2(CO)CC2)c1C. The van der Waals surface area contributed by atoms with Crippen LogP contribution in [-0.4, -0.2) is 34.1 Å². The Hall–Kier alpha value is -1.56. The third kappa shape index (κ3) is 2.89. The zero-order valence-corrected chi connectivity index (χ0v) is 11.8. The molecule has 1 saturated carbocycles. The average molecular weight is 266 g/mol. The number of nitrogens with one attached hydrogen (secondary N) is 2. The van der Waals surface area contributed by atoms with Gasteiger partial charge in [-0.25, -0.2) is 4.79 Å². The van der Waals surface area contributed by atoms with Gasteiger partial charge in [-0.05, 0) is 33.6 Å². The van der Waals surface area contributed by atoms with Crippen molar-refractivity contribution in [3.8, 4) is 0 Å². The second-order valence-electron chi connectivity index (χ2n) is 5.33. The summed E-state index contributed by atoms with van der Waals surface area (Å²) in [5.74, 6) is 0. The number of hydrogen-bond donors (Lipinski definition) is 3. The lowest BCUT2D eigenvalue weighted by atomic mass is 10.1. The lowest BCUT2D eigenvalue weighted by Crippen LogP contribution is -2.35. The molecule has 0 radical (unpaired) electrons. The number of hydrogen-bond acceptors (Lipinski definition) is 3. The van der Waals surface area contributed by atoms with Crippen molar-refractivity contribution in [1.29, 1.82) is 0 Å². The molecule has 0 atom stereocenters. The van der Waals surface area contributed by atoms with E-state index in [0.29, 0.717) is 6.54 Å². The van der Waals surface area contributed by atoms with Gasteiger partial charge >= 0.3 is 6.03 Å². The molecular formula is C13H22N4O2. The first-order valence-electron chi connectivity index (χ1n) is 6.71. The van der Waals surface area contributed by atoms with E-state index in [0.717, 1.165) is 36.5 Å². The Morgan fingerprint density at radius 2 is 2.16 bits per heavy atom. The summed E-state index contributed by atoms with van der Waals surface area (Å²) in [5, 5.41) is 19.2. The highest BCUT2D eigenvalue weighted by atomic mass is 16.3. The Balaban J connectivity index is 1.93. The monoisotopic (exact) mass is 266 g/mol. The van der Waals surface area contributed by atoms with Crippen LogP contribution in [0.15, 0.2) is 0 Å². The Bertz CT molecular complexity index is 477. The van der Waals surface area contributed by atoms with Gasteiger partial charge in [0.25, 0.3) is 0 Å². The van der Waals surface area contributed by atoms with Crippen LogP contribution < -0.4 is 10.6 Å². The number of aryl methyl sites for hydroxylation is 2. The van der Waals surface area contributed by atoms with E-state index in [4.69, 9.17) is 0 Å². The molecule has 0 saturated heterocycles. The van der Waals surface area contributed by atoms with Gasteiger partial charge in [0.15, 0.2) is 0 Å². The lowest BCUT2D eigenvalue weighted by Gasteiger charge is -2.13. The second kappa shape index (κ2) is 5.21. The van der Waals surface area contributed by atoms with Crippen molar-refractivity contribution in [1.82, 2.24) is 15.1 Å². The molecule has 0 aromatic carbocycles. The highest BCUT2D eigenvalue weighted by Crippen LogP contribution is 2.44. The molecule has 2 amide bonds. The van der Waals surface area contributed by atoms with Crippen molar-refractivity contribution >= 4 is 11.7 Å². The predicted octanol–water partition coefficient (Wildman–Crippen LogP) is 1.41. The van der Waals surface area contributed by atoms with Gasteiger partial charge in [-0.15, -0.1) is 0 Å². The molecule has 1 aromatic rings. The number of nitrogens with zero attached hydrogens (tertiary/aromatic N) is 2. The van der Waals surface area contributed by atoms with Crippen LogP contribution in [0.2, 0.25) is 0 Å². The summed E-state index contributed by atoms with van der Waals surface area (Å²) in [6.45, 7) is 7.28. The number of anilines is 1. The number of urea groups is 1. The number of carbonyl (C=O) groups is 1. The van der Waals surface area contributed by atoms with Crippen molar-refractivity contribution in [3.05, 3.63) is 11.4 Å².